The van der Waals surface area contributed by atoms with E-state index in [1.165, 1.54) is 0 Å². The van der Waals surface area contributed by atoms with Crippen molar-refractivity contribution in [3.63, 3.8) is 0 Å². The van der Waals surface area contributed by atoms with Crippen molar-refractivity contribution >= 4 is 38.6 Å². The summed E-state index contributed by atoms with van der Waals surface area (Å²) < 4.78 is 26.4. The van der Waals surface area contributed by atoms with Crippen molar-refractivity contribution in [1.29, 1.82) is 0 Å². The highest BCUT2D eigenvalue weighted by Gasteiger charge is 2.29. The SMILES string of the molecule is O=[N+]([O-])c1cc(S(=O)(=O)NC2CCC(O)CC2)sc1Cl. The lowest BCUT2D eigenvalue weighted by atomic mass is 9.94. The van der Waals surface area contributed by atoms with Gasteiger partial charge in [-0.05, 0) is 25.7 Å². The van der Waals surface area contributed by atoms with Crippen molar-refractivity contribution in [3.8, 4) is 0 Å². The zero-order chi connectivity index (χ0) is 14.9. The van der Waals surface area contributed by atoms with Crippen LogP contribution < -0.4 is 4.72 Å². The highest BCUT2D eigenvalue weighted by Crippen LogP contribution is 2.36. The number of hydrogen-bond donors (Lipinski definition) is 2. The smallest absolute Gasteiger partial charge is 0.300 e. The monoisotopic (exact) mass is 340 g/mol. The Labute approximate surface area is 124 Å². The minimum absolute atomic E-state index is 0.158. The van der Waals surface area contributed by atoms with Gasteiger partial charge in [-0.25, -0.2) is 13.1 Å². The summed E-state index contributed by atoms with van der Waals surface area (Å²) in [4.78, 5) is 9.96. The first-order valence-corrected chi connectivity index (χ1v) is 8.61. The van der Waals surface area contributed by atoms with E-state index in [0.29, 0.717) is 37.0 Å². The molecule has 10 heteroatoms. The van der Waals surface area contributed by atoms with E-state index in [9.17, 15) is 23.6 Å². The third-order valence-corrected chi connectivity index (χ3v) is 6.46. The quantitative estimate of drug-likeness (QED) is 0.642. The average Bonchev–Trinajstić information content (AvgIpc) is 2.75. The third kappa shape index (κ3) is 3.47. The molecule has 1 aromatic rings. The Morgan fingerprint density at radius 3 is 2.50 bits per heavy atom. The van der Waals surface area contributed by atoms with E-state index in [0.717, 1.165) is 6.07 Å². The number of hydrogen-bond acceptors (Lipinski definition) is 6. The maximum absolute atomic E-state index is 12.1. The van der Waals surface area contributed by atoms with Gasteiger partial charge in [0.05, 0.1) is 11.0 Å². The molecule has 1 aromatic heterocycles. The normalized spacial score (nSPS) is 23.7. The summed E-state index contributed by atoms with van der Waals surface area (Å²) in [6.45, 7) is 0. The number of sulfonamides is 1. The Kier molecular flexibility index (Phi) is 4.65. The fourth-order valence-corrected chi connectivity index (χ4v) is 5.05. The number of nitro groups is 1. The third-order valence-electron chi connectivity index (χ3n) is 3.13. The maximum atomic E-state index is 12.1. The minimum Gasteiger partial charge on any atom is -0.393 e. The minimum atomic E-state index is -3.81. The van der Waals surface area contributed by atoms with Crippen LogP contribution in [0.1, 0.15) is 25.7 Å². The van der Waals surface area contributed by atoms with Gasteiger partial charge < -0.3 is 5.11 Å². The van der Waals surface area contributed by atoms with Crippen LogP contribution in [0, 0.1) is 10.1 Å². The molecule has 1 fully saturated rings. The van der Waals surface area contributed by atoms with Crippen molar-refractivity contribution in [2.24, 2.45) is 0 Å². The number of rotatable bonds is 4. The molecule has 0 amide bonds. The molecule has 20 heavy (non-hydrogen) atoms. The second-order valence-corrected chi connectivity index (χ2v) is 8.20. The lowest BCUT2D eigenvalue weighted by Crippen LogP contribution is -2.38. The van der Waals surface area contributed by atoms with Gasteiger partial charge in [0.15, 0.2) is 4.34 Å². The number of halogens is 1. The van der Waals surface area contributed by atoms with Gasteiger partial charge in [0.2, 0.25) is 0 Å². The molecule has 0 aliphatic heterocycles. The molecule has 112 valence electrons. The van der Waals surface area contributed by atoms with Crippen LogP contribution in [0.4, 0.5) is 5.69 Å². The predicted octanol–water partition coefficient (Wildman–Crippen LogP) is 1.89. The first-order valence-electron chi connectivity index (χ1n) is 5.93. The largest absolute Gasteiger partial charge is 0.393 e. The molecule has 0 bridgehead atoms. The lowest BCUT2D eigenvalue weighted by Gasteiger charge is -2.25. The van der Waals surface area contributed by atoms with Crippen LogP contribution in [0.15, 0.2) is 10.3 Å². The number of nitrogens with one attached hydrogen (secondary N) is 1. The standard InChI is InChI=1S/C10H13ClN2O5S2/c11-10-8(13(15)16)5-9(19-10)20(17,18)12-6-1-3-7(14)4-2-6/h5-7,12,14H,1-4H2. The Bertz CT molecular complexity index is 607. The molecular weight excluding hydrogens is 328 g/mol. The first kappa shape index (κ1) is 15.6. The summed E-state index contributed by atoms with van der Waals surface area (Å²) in [6, 6.07) is 0.704. The van der Waals surface area contributed by atoms with Gasteiger partial charge in [0, 0.05) is 12.1 Å². The second kappa shape index (κ2) is 5.94. The molecule has 1 aliphatic rings. The molecule has 1 aliphatic carbocycles. The fourth-order valence-electron chi connectivity index (χ4n) is 2.07. The summed E-state index contributed by atoms with van der Waals surface area (Å²) in [5.74, 6) is 0. The molecule has 0 unspecified atom stereocenters. The van der Waals surface area contributed by atoms with Crippen LogP contribution in [-0.2, 0) is 10.0 Å². The fraction of sp³-hybridized carbons (Fsp3) is 0.600. The van der Waals surface area contributed by atoms with Gasteiger partial charge >= 0.3 is 0 Å². The van der Waals surface area contributed by atoms with E-state index in [1.807, 2.05) is 0 Å². The van der Waals surface area contributed by atoms with Crippen molar-refractivity contribution in [2.45, 2.75) is 42.0 Å². The molecule has 2 N–H and O–H groups in total. The molecule has 1 saturated carbocycles. The summed E-state index contributed by atoms with van der Waals surface area (Å²) in [5, 5.41) is 20.0. The molecule has 0 radical (unpaired) electrons. The first-order chi connectivity index (χ1) is 9.29. The zero-order valence-electron chi connectivity index (χ0n) is 10.3. The van der Waals surface area contributed by atoms with Crippen LogP contribution in [0.25, 0.3) is 0 Å². The van der Waals surface area contributed by atoms with Gasteiger partial charge in [0.25, 0.3) is 15.7 Å². The summed E-state index contributed by atoms with van der Waals surface area (Å²) in [6.07, 6.45) is 1.79. The van der Waals surface area contributed by atoms with E-state index in [-0.39, 0.29) is 20.7 Å². The Morgan fingerprint density at radius 1 is 1.40 bits per heavy atom. The van der Waals surface area contributed by atoms with E-state index >= 15 is 0 Å². The highest BCUT2D eigenvalue weighted by atomic mass is 35.5. The molecule has 2 rings (SSSR count). The molecule has 7 nitrogen and oxygen atoms in total. The molecule has 0 spiro atoms. The Balaban J connectivity index is 2.14. The Hall–Kier alpha value is -0.740. The average molecular weight is 341 g/mol. The molecule has 0 atom stereocenters. The summed E-state index contributed by atoms with van der Waals surface area (Å²) in [5.41, 5.74) is -0.406. The molecule has 0 saturated heterocycles. The number of nitrogens with zero attached hydrogens (tertiary/aromatic N) is 1. The number of thiophene rings is 1. The van der Waals surface area contributed by atoms with Gasteiger partial charge in [-0.3, -0.25) is 10.1 Å². The Morgan fingerprint density at radius 2 is 2.00 bits per heavy atom. The summed E-state index contributed by atoms with van der Waals surface area (Å²) >= 11 is 6.32. The van der Waals surface area contributed by atoms with Crippen LogP contribution in [0.3, 0.4) is 0 Å². The molecular formula is C10H13ClN2O5S2. The van der Waals surface area contributed by atoms with Gasteiger partial charge in [-0.15, -0.1) is 11.3 Å². The maximum Gasteiger partial charge on any atom is 0.300 e. The van der Waals surface area contributed by atoms with E-state index in [4.69, 9.17) is 11.6 Å². The van der Waals surface area contributed by atoms with Crippen molar-refractivity contribution < 1.29 is 18.4 Å². The highest BCUT2D eigenvalue weighted by molar-refractivity contribution is 7.91. The van der Waals surface area contributed by atoms with Gasteiger partial charge in [-0.2, -0.15) is 0 Å². The van der Waals surface area contributed by atoms with Crippen molar-refractivity contribution in [2.75, 3.05) is 0 Å². The van der Waals surface area contributed by atoms with Crippen LogP contribution in [0.5, 0.6) is 0 Å². The second-order valence-electron chi connectivity index (χ2n) is 4.61. The van der Waals surface area contributed by atoms with Gasteiger partial charge in [-0.1, -0.05) is 11.6 Å². The number of aliphatic hydroxyl groups excluding tert-OH is 1. The van der Waals surface area contributed by atoms with Crippen LogP contribution in [0.2, 0.25) is 4.34 Å². The molecule has 0 aromatic carbocycles. The number of aliphatic hydroxyl groups is 1. The van der Waals surface area contributed by atoms with Gasteiger partial charge in [0.1, 0.15) is 4.21 Å². The lowest BCUT2D eigenvalue weighted by molar-refractivity contribution is -0.384. The topological polar surface area (TPSA) is 110 Å². The van der Waals surface area contributed by atoms with Crippen LogP contribution >= 0.6 is 22.9 Å². The van der Waals surface area contributed by atoms with E-state index in [1.54, 1.807) is 0 Å². The van der Waals surface area contributed by atoms with E-state index < -0.39 is 20.6 Å². The molecule has 1 heterocycles. The van der Waals surface area contributed by atoms with Crippen molar-refractivity contribution in [3.05, 3.63) is 20.5 Å². The van der Waals surface area contributed by atoms with Crippen molar-refractivity contribution in [1.82, 2.24) is 4.72 Å². The van der Waals surface area contributed by atoms with E-state index in [2.05, 4.69) is 4.72 Å². The predicted molar refractivity (Wildman–Crippen MR) is 74.6 cm³/mol. The summed E-state index contributed by atoms with van der Waals surface area (Å²) in [7, 11) is -3.81. The zero-order valence-corrected chi connectivity index (χ0v) is 12.7. The van der Waals surface area contributed by atoms with Crippen LogP contribution in [-0.4, -0.2) is 30.6 Å².